The van der Waals surface area contributed by atoms with E-state index in [1.54, 1.807) is 28.0 Å². The van der Waals surface area contributed by atoms with Crippen LogP contribution in [0.4, 0.5) is 4.39 Å². The van der Waals surface area contributed by atoms with Crippen LogP contribution in [-0.2, 0) is 11.3 Å². The van der Waals surface area contributed by atoms with Crippen LogP contribution in [0.2, 0.25) is 0 Å². The number of nitrogens with one attached hydrogen (secondary N) is 1. The molecule has 5 rings (SSSR count). The van der Waals surface area contributed by atoms with E-state index in [-0.39, 0.29) is 40.8 Å². The number of nitrogens with zero attached hydrogens (tertiary/aromatic N) is 4. The fourth-order valence-corrected chi connectivity index (χ4v) is 5.39. The molecule has 1 N–H and O–H groups in total. The SMILES string of the molecule is COc1nc2[nH]cc(C(=O)C(=O)N3CCCC3)c2cc1C(=O)N1C[C@H](C)N(Cc2ccc(F)cc2)C[C@H]1C. The number of carbonyl (C=O) groups is 3. The quantitative estimate of drug-likeness (QED) is 0.395. The number of ether oxygens (including phenoxy) is 1. The van der Waals surface area contributed by atoms with Gasteiger partial charge in [-0.3, -0.25) is 19.3 Å². The molecule has 0 radical (unpaired) electrons. The standard InChI is InChI=1S/C28H32FN5O4/c1-17-15-34(18(2)14-33(17)16-19-6-8-20(29)9-7-19)27(36)22-12-21-23(13-30-25(21)31-26(22)38-3)24(35)28(37)32-10-4-5-11-32/h6-9,12-13,17-18H,4-5,10-11,14-16H2,1-3H3,(H,30,31)/t17-,18+/m0/s1. The number of hydrogen-bond acceptors (Lipinski definition) is 6. The number of methoxy groups -OCH3 is 1. The van der Waals surface area contributed by atoms with E-state index in [4.69, 9.17) is 4.74 Å². The van der Waals surface area contributed by atoms with Gasteiger partial charge in [0.1, 0.15) is 17.0 Å². The van der Waals surface area contributed by atoms with Gasteiger partial charge in [0.25, 0.3) is 17.6 Å². The Hall–Kier alpha value is -3.79. The number of pyridine rings is 1. The number of halogens is 1. The molecule has 2 amide bonds. The van der Waals surface area contributed by atoms with Crippen LogP contribution in [0.5, 0.6) is 5.88 Å². The summed E-state index contributed by atoms with van der Waals surface area (Å²) in [6.07, 6.45) is 3.25. The Morgan fingerprint density at radius 3 is 2.45 bits per heavy atom. The minimum atomic E-state index is -0.611. The fraction of sp³-hybridized carbons (Fsp3) is 0.429. The van der Waals surface area contributed by atoms with Crippen molar-refractivity contribution < 1.29 is 23.5 Å². The molecular weight excluding hydrogens is 489 g/mol. The second-order valence-corrected chi connectivity index (χ2v) is 10.2. The highest BCUT2D eigenvalue weighted by atomic mass is 19.1. The fourth-order valence-electron chi connectivity index (χ4n) is 5.39. The van der Waals surface area contributed by atoms with Crippen molar-refractivity contribution in [1.29, 1.82) is 0 Å². The molecule has 0 aliphatic carbocycles. The zero-order valence-corrected chi connectivity index (χ0v) is 21.9. The van der Waals surface area contributed by atoms with E-state index in [1.807, 2.05) is 6.92 Å². The highest BCUT2D eigenvalue weighted by molar-refractivity contribution is 6.44. The van der Waals surface area contributed by atoms with E-state index in [1.165, 1.54) is 25.4 Å². The lowest BCUT2D eigenvalue weighted by Gasteiger charge is -2.44. The summed E-state index contributed by atoms with van der Waals surface area (Å²) < 4.78 is 18.8. The normalized spacial score (nSPS) is 20.2. The van der Waals surface area contributed by atoms with Gasteiger partial charge in [-0.25, -0.2) is 4.39 Å². The summed E-state index contributed by atoms with van der Waals surface area (Å²) in [5.74, 6) is -1.50. The van der Waals surface area contributed by atoms with Crippen LogP contribution >= 0.6 is 0 Å². The van der Waals surface area contributed by atoms with Crippen molar-refractivity contribution >= 4 is 28.6 Å². The van der Waals surface area contributed by atoms with Gasteiger partial charge >= 0.3 is 0 Å². The third-order valence-corrected chi connectivity index (χ3v) is 7.56. The highest BCUT2D eigenvalue weighted by Crippen LogP contribution is 2.29. The molecule has 2 atom stereocenters. The molecule has 3 aromatic rings. The van der Waals surface area contributed by atoms with Crippen molar-refractivity contribution in [3.63, 3.8) is 0 Å². The number of aromatic nitrogens is 2. The average molecular weight is 522 g/mol. The maximum Gasteiger partial charge on any atom is 0.295 e. The van der Waals surface area contributed by atoms with Crippen molar-refractivity contribution in [3.05, 3.63) is 59.0 Å². The van der Waals surface area contributed by atoms with Gasteiger partial charge < -0.3 is 19.5 Å². The summed E-state index contributed by atoms with van der Waals surface area (Å²) in [6, 6.07) is 8.02. The number of piperazine rings is 1. The zero-order valence-electron chi connectivity index (χ0n) is 21.9. The van der Waals surface area contributed by atoms with Gasteiger partial charge in [0.2, 0.25) is 5.88 Å². The van der Waals surface area contributed by atoms with Crippen LogP contribution in [-0.4, -0.2) is 87.6 Å². The summed E-state index contributed by atoms with van der Waals surface area (Å²) in [4.78, 5) is 52.6. The highest BCUT2D eigenvalue weighted by Gasteiger charge is 2.35. The lowest BCUT2D eigenvalue weighted by atomic mass is 10.0. The van der Waals surface area contributed by atoms with Gasteiger partial charge in [0, 0.05) is 56.4 Å². The van der Waals surface area contributed by atoms with E-state index in [9.17, 15) is 18.8 Å². The van der Waals surface area contributed by atoms with Crippen molar-refractivity contribution in [3.8, 4) is 5.88 Å². The molecule has 0 spiro atoms. The van der Waals surface area contributed by atoms with Crippen LogP contribution in [0.1, 0.15) is 53.0 Å². The molecular formula is C28H32FN5O4. The number of amides is 2. The number of fused-ring (bicyclic) bond motifs is 1. The Labute approximate surface area is 220 Å². The summed E-state index contributed by atoms with van der Waals surface area (Å²) in [5, 5.41) is 0.419. The van der Waals surface area contributed by atoms with Gasteiger partial charge in [0.15, 0.2) is 0 Å². The molecule has 38 heavy (non-hydrogen) atoms. The monoisotopic (exact) mass is 521 g/mol. The summed E-state index contributed by atoms with van der Waals surface area (Å²) in [5.41, 5.74) is 1.83. The molecule has 2 fully saturated rings. The maximum atomic E-state index is 13.8. The Morgan fingerprint density at radius 1 is 1.05 bits per heavy atom. The molecule has 2 aliphatic heterocycles. The Balaban J connectivity index is 1.39. The van der Waals surface area contributed by atoms with Gasteiger partial charge in [-0.2, -0.15) is 4.98 Å². The number of aromatic amines is 1. The maximum absolute atomic E-state index is 13.8. The number of benzene rings is 1. The van der Waals surface area contributed by atoms with E-state index in [0.717, 1.165) is 18.4 Å². The van der Waals surface area contributed by atoms with Gasteiger partial charge in [-0.15, -0.1) is 0 Å². The van der Waals surface area contributed by atoms with Crippen molar-refractivity contribution in [1.82, 2.24) is 24.7 Å². The van der Waals surface area contributed by atoms with Gasteiger partial charge in [0.05, 0.1) is 12.7 Å². The molecule has 0 saturated carbocycles. The average Bonchev–Trinajstić information content (AvgIpc) is 3.60. The third kappa shape index (κ3) is 4.88. The molecule has 10 heteroatoms. The van der Waals surface area contributed by atoms with Crippen molar-refractivity contribution in [2.24, 2.45) is 0 Å². The summed E-state index contributed by atoms with van der Waals surface area (Å²) in [7, 11) is 1.45. The number of hydrogen-bond donors (Lipinski definition) is 1. The number of ketones is 1. The Morgan fingerprint density at radius 2 is 1.76 bits per heavy atom. The van der Waals surface area contributed by atoms with Crippen molar-refractivity contribution in [2.45, 2.75) is 45.3 Å². The number of H-pyrrole nitrogens is 1. The minimum Gasteiger partial charge on any atom is -0.480 e. The minimum absolute atomic E-state index is 0.0605. The zero-order chi connectivity index (χ0) is 27.0. The lowest BCUT2D eigenvalue weighted by molar-refractivity contribution is -0.125. The second-order valence-electron chi connectivity index (χ2n) is 10.2. The molecule has 2 aliphatic rings. The van der Waals surface area contributed by atoms with Crippen LogP contribution in [0.3, 0.4) is 0 Å². The lowest BCUT2D eigenvalue weighted by Crippen LogP contribution is -2.57. The Kier molecular flexibility index (Phi) is 7.16. The summed E-state index contributed by atoms with van der Waals surface area (Å²) in [6.45, 7) is 6.97. The topological polar surface area (TPSA) is 98.8 Å². The van der Waals surface area contributed by atoms with Gasteiger partial charge in [-0.1, -0.05) is 12.1 Å². The molecule has 9 nitrogen and oxygen atoms in total. The van der Waals surface area contributed by atoms with E-state index in [0.29, 0.717) is 43.8 Å². The van der Waals surface area contributed by atoms with Crippen LogP contribution in [0.15, 0.2) is 36.5 Å². The van der Waals surface area contributed by atoms with E-state index < -0.39 is 11.7 Å². The molecule has 4 heterocycles. The van der Waals surface area contributed by atoms with E-state index >= 15 is 0 Å². The predicted octanol–water partition coefficient (Wildman–Crippen LogP) is 3.25. The molecule has 200 valence electrons. The first-order chi connectivity index (χ1) is 18.3. The largest absolute Gasteiger partial charge is 0.480 e. The molecule has 1 aromatic carbocycles. The number of rotatable bonds is 6. The molecule has 2 saturated heterocycles. The van der Waals surface area contributed by atoms with Crippen LogP contribution in [0, 0.1) is 5.82 Å². The molecule has 0 unspecified atom stereocenters. The Bertz CT molecular complexity index is 1370. The van der Waals surface area contributed by atoms with Crippen molar-refractivity contribution in [2.75, 3.05) is 33.3 Å². The van der Waals surface area contributed by atoms with Crippen LogP contribution in [0.25, 0.3) is 11.0 Å². The smallest absolute Gasteiger partial charge is 0.295 e. The first kappa shape index (κ1) is 25.8. The van der Waals surface area contributed by atoms with Gasteiger partial charge in [-0.05, 0) is 50.5 Å². The first-order valence-electron chi connectivity index (χ1n) is 13.0. The number of Topliss-reactive ketones (excluding diaryl/α,β-unsaturated/α-hetero) is 1. The van der Waals surface area contributed by atoms with E-state index in [2.05, 4.69) is 21.8 Å². The summed E-state index contributed by atoms with van der Waals surface area (Å²) >= 11 is 0. The number of likely N-dealkylation sites (tertiary alicyclic amines) is 1. The number of carbonyl (C=O) groups excluding carboxylic acids is 3. The first-order valence-corrected chi connectivity index (χ1v) is 13.0. The molecule has 2 aromatic heterocycles. The third-order valence-electron chi connectivity index (χ3n) is 7.56. The predicted molar refractivity (Wildman–Crippen MR) is 140 cm³/mol. The van der Waals surface area contributed by atoms with Crippen LogP contribution < -0.4 is 4.74 Å². The molecule has 0 bridgehead atoms. The second kappa shape index (κ2) is 10.5.